The number of aromatic nitrogens is 1. The predicted octanol–water partition coefficient (Wildman–Crippen LogP) is 1.56. The van der Waals surface area contributed by atoms with Crippen molar-refractivity contribution in [3.05, 3.63) is 34.7 Å². The van der Waals surface area contributed by atoms with Gasteiger partial charge in [-0.1, -0.05) is 6.07 Å². The van der Waals surface area contributed by atoms with E-state index in [1.807, 2.05) is 12.1 Å². The molecule has 0 aliphatic rings. The van der Waals surface area contributed by atoms with Gasteiger partial charge in [-0.3, -0.25) is 4.79 Å². The number of ether oxygens (including phenoxy) is 2. The molecule has 0 radical (unpaired) electrons. The summed E-state index contributed by atoms with van der Waals surface area (Å²) in [5.41, 5.74) is -0.0896. The lowest BCUT2D eigenvalue weighted by atomic mass is 10.1. The van der Waals surface area contributed by atoms with E-state index in [1.54, 1.807) is 26.4 Å². The van der Waals surface area contributed by atoms with Crippen LogP contribution in [0.5, 0.6) is 11.5 Å². The van der Waals surface area contributed by atoms with Gasteiger partial charge in [-0.15, -0.1) is 0 Å². The number of methoxy groups -OCH3 is 2. The second-order valence-electron chi connectivity index (χ2n) is 3.50. The van der Waals surface area contributed by atoms with Gasteiger partial charge in [0.15, 0.2) is 11.5 Å². The molecular weight excluding hydrogens is 206 g/mol. The van der Waals surface area contributed by atoms with Crippen molar-refractivity contribution in [3.63, 3.8) is 0 Å². The predicted molar refractivity (Wildman–Crippen MR) is 62.3 cm³/mol. The molecule has 0 aliphatic carbocycles. The van der Waals surface area contributed by atoms with Crippen molar-refractivity contribution in [2.45, 2.75) is 0 Å². The third-order valence-electron chi connectivity index (χ3n) is 2.59. The Kier molecular flexibility index (Phi) is 2.56. The Morgan fingerprint density at radius 3 is 2.50 bits per heavy atom. The van der Waals surface area contributed by atoms with Gasteiger partial charge < -0.3 is 14.0 Å². The van der Waals surface area contributed by atoms with Crippen molar-refractivity contribution in [1.29, 1.82) is 0 Å². The lowest BCUT2D eigenvalue weighted by molar-refractivity contribution is 0.358. The molecule has 84 valence electrons. The van der Waals surface area contributed by atoms with E-state index in [2.05, 4.69) is 0 Å². The Balaban J connectivity index is 2.95. The summed E-state index contributed by atoms with van der Waals surface area (Å²) >= 11 is 0. The van der Waals surface area contributed by atoms with Crippen LogP contribution in [0.4, 0.5) is 0 Å². The van der Waals surface area contributed by atoms with Crippen molar-refractivity contribution in [2.24, 2.45) is 7.05 Å². The molecule has 0 fully saturated rings. The second kappa shape index (κ2) is 3.89. The first-order valence-corrected chi connectivity index (χ1v) is 4.89. The SMILES string of the molecule is COc1ccc2ccn(C)c(=O)c2c1OC. The monoisotopic (exact) mass is 219 g/mol. The summed E-state index contributed by atoms with van der Waals surface area (Å²) in [4.78, 5) is 12.0. The van der Waals surface area contributed by atoms with Crippen LogP contribution in [0.1, 0.15) is 0 Å². The minimum atomic E-state index is -0.0896. The van der Waals surface area contributed by atoms with Crippen LogP contribution >= 0.6 is 0 Å². The third kappa shape index (κ3) is 1.43. The minimum Gasteiger partial charge on any atom is -0.493 e. The van der Waals surface area contributed by atoms with Crippen LogP contribution in [0, 0.1) is 0 Å². The van der Waals surface area contributed by atoms with Crippen molar-refractivity contribution in [2.75, 3.05) is 14.2 Å². The molecule has 0 saturated carbocycles. The van der Waals surface area contributed by atoms with E-state index in [-0.39, 0.29) is 5.56 Å². The van der Waals surface area contributed by atoms with Crippen LogP contribution in [-0.4, -0.2) is 18.8 Å². The molecule has 0 saturated heterocycles. The smallest absolute Gasteiger partial charge is 0.262 e. The van der Waals surface area contributed by atoms with Gasteiger partial charge in [-0.25, -0.2) is 0 Å². The highest BCUT2D eigenvalue weighted by Gasteiger charge is 2.12. The molecule has 0 aliphatic heterocycles. The van der Waals surface area contributed by atoms with Gasteiger partial charge in [0.1, 0.15) is 0 Å². The lowest BCUT2D eigenvalue weighted by Gasteiger charge is -2.10. The summed E-state index contributed by atoms with van der Waals surface area (Å²) in [7, 11) is 4.79. The summed E-state index contributed by atoms with van der Waals surface area (Å²) in [5, 5.41) is 1.40. The average Bonchev–Trinajstić information content (AvgIpc) is 2.32. The quantitative estimate of drug-likeness (QED) is 0.769. The maximum atomic E-state index is 12.0. The molecule has 0 atom stereocenters. The largest absolute Gasteiger partial charge is 0.493 e. The number of rotatable bonds is 2. The molecule has 0 spiro atoms. The van der Waals surface area contributed by atoms with Crippen LogP contribution < -0.4 is 15.0 Å². The molecule has 2 rings (SSSR count). The van der Waals surface area contributed by atoms with E-state index in [0.29, 0.717) is 16.9 Å². The van der Waals surface area contributed by atoms with Crippen LogP contribution in [0.3, 0.4) is 0 Å². The zero-order valence-corrected chi connectivity index (χ0v) is 9.48. The summed E-state index contributed by atoms with van der Waals surface area (Å²) in [6.45, 7) is 0. The Morgan fingerprint density at radius 1 is 1.12 bits per heavy atom. The fourth-order valence-electron chi connectivity index (χ4n) is 1.74. The minimum absolute atomic E-state index is 0.0896. The average molecular weight is 219 g/mol. The standard InChI is InChI=1S/C12H13NO3/c1-13-7-6-8-4-5-9(15-2)11(16-3)10(8)12(13)14/h4-7H,1-3H3. The van der Waals surface area contributed by atoms with E-state index in [1.165, 1.54) is 11.7 Å². The Morgan fingerprint density at radius 2 is 1.88 bits per heavy atom. The van der Waals surface area contributed by atoms with Gasteiger partial charge in [0, 0.05) is 13.2 Å². The maximum Gasteiger partial charge on any atom is 0.262 e. The zero-order valence-electron chi connectivity index (χ0n) is 9.48. The third-order valence-corrected chi connectivity index (χ3v) is 2.59. The molecule has 0 N–H and O–H groups in total. The highest BCUT2D eigenvalue weighted by Crippen LogP contribution is 2.32. The van der Waals surface area contributed by atoms with Gasteiger partial charge in [-0.2, -0.15) is 0 Å². The fourth-order valence-corrected chi connectivity index (χ4v) is 1.74. The van der Waals surface area contributed by atoms with Crippen molar-refractivity contribution in [1.82, 2.24) is 4.57 Å². The van der Waals surface area contributed by atoms with Gasteiger partial charge in [0.05, 0.1) is 19.6 Å². The number of aryl methyl sites for hydroxylation is 1. The molecule has 0 bridgehead atoms. The fraction of sp³-hybridized carbons (Fsp3) is 0.250. The highest BCUT2D eigenvalue weighted by atomic mass is 16.5. The van der Waals surface area contributed by atoms with E-state index in [9.17, 15) is 4.79 Å². The number of nitrogens with zero attached hydrogens (tertiary/aromatic N) is 1. The van der Waals surface area contributed by atoms with Gasteiger partial charge >= 0.3 is 0 Å². The number of hydrogen-bond acceptors (Lipinski definition) is 3. The molecule has 0 amide bonds. The number of hydrogen-bond donors (Lipinski definition) is 0. The van der Waals surface area contributed by atoms with Crippen molar-refractivity contribution >= 4 is 10.8 Å². The van der Waals surface area contributed by atoms with Crippen LogP contribution in [0.2, 0.25) is 0 Å². The van der Waals surface area contributed by atoms with Crippen LogP contribution in [-0.2, 0) is 7.05 Å². The zero-order chi connectivity index (χ0) is 11.7. The first-order valence-electron chi connectivity index (χ1n) is 4.89. The van der Waals surface area contributed by atoms with Crippen molar-refractivity contribution < 1.29 is 9.47 Å². The van der Waals surface area contributed by atoms with Gasteiger partial charge in [0.25, 0.3) is 5.56 Å². The van der Waals surface area contributed by atoms with E-state index in [4.69, 9.17) is 9.47 Å². The summed E-state index contributed by atoms with van der Waals surface area (Å²) < 4.78 is 11.9. The normalized spacial score (nSPS) is 10.4. The Bertz CT molecular complexity index is 587. The summed E-state index contributed by atoms with van der Waals surface area (Å²) in [6.07, 6.45) is 1.73. The van der Waals surface area contributed by atoms with Crippen LogP contribution in [0.15, 0.2) is 29.2 Å². The first-order chi connectivity index (χ1) is 7.69. The Labute approximate surface area is 93.0 Å². The van der Waals surface area contributed by atoms with E-state index < -0.39 is 0 Å². The number of benzene rings is 1. The number of fused-ring (bicyclic) bond motifs is 1. The molecule has 1 aromatic heterocycles. The summed E-state index contributed by atoms with van der Waals surface area (Å²) in [6, 6.07) is 5.51. The van der Waals surface area contributed by atoms with Gasteiger partial charge in [0.2, 0.25) is 0 Å². The molecule has 4 heteroatoms. The molecule has 1 heterocycles. The van der Waals surface area contributed by atoms with Crippen molar-refractivity contribution in [3.8, 4) is 11.5 Å². The maximum absolute atomic E-state index is 12.0. The van der Waals surface area contributed by atoms with E-state index in [0.717, 1.165) is 5.39 Å². The van der Waals surface area contributed by atoms with Crippen LogP contribution in [0.25, 0.3) is 10.8 Å². The molecule has 2 aromatic rings. The molecule has 4 nitrogen and oxygen atoms in total. The van der Waals surface area contributed by atoms with E-state index >= 15 is 0 Å². The summed E-state index contributed by atoms with van der Waals surface area (Å²) in [5.74, 6) is 1.06. The molecule has 0 unspecified atom stereocenters. The molecular formula is C12H13NO3. The highest BCUT2D eigenvalue weighted by molar-refractivity contribution is 5.89. The first kappa shape index (κ1) is 10.5. The lowest BCUT2D eigenvalue weighted by Crippen LogP contribution is -2.16. The molecule has 16 heavy (non-hydrogen) atoms. The number of pyridine rings is 1. The second-order valence-corrected chi connectivity index (χ2v) is 3.50. The Hall–Kier alpha value is -1.97. The van der Waals surface area contributed by atoms with Gasteiger partial charge in [-0.05, 0) is 17.5 Å². The topological polar surface area (TPSA) is 40.5 Å². The molecule has 1 aromatic carbocycles.